The summed E-state index contributed by atoms with van der Waals surface area (Å²) in [5.74, 6) is -0.962. The van der Waals surface area contributed by atoms with Gasteiger partial charge in [0.2, 0.25) is 0 Å². The number of carbonyl (C=O) groups excluding carboxylic acids is 2. The molecule has 0 spiro atoms. The van der Waals surface area contributed by atoms with Gasteiger partial charge in [-0.3, -0.25) is 4.79 Å². The van der Waals surface area contributed by atoms with Crippen LogP contribution in [0.4, 0.5) is 0 Å². The van der Waals surface area contributed by atoms with Gasteiger partial charge in [0, 0.05) is 19.0 Å². The van der Waals surface area contributed by atoms with Crippen LogP contribution in [0.5, 0.6) is 0 Å². The predicted molar refractivity (Wildman–Crippen MR) is 43.5 cm³/mol. The predicted octanol–water partition coefficient (Wildman–Crippen LogP) is -0.734. The summed E-state index contributed by atoms with van der Waals surface area (Å²) in [6, 6.07) is 0. The normalized spacial score (nSPS) is 21.8. The number of aliphatic hydroxyl groups is 1. The van der Waals surface area contributed by atoms with E-state index < -0.39 is 12.1 Å². The minimum absolute atomic E-state index is 0.332. The van der Waals surface area contributed by atoms with E-state index in [2.05, 4.69) is 6.58 Å². The number of rotatable bonds is 3. The Balaban J connectivity index is 2.50. The SMILES string of the molecule is C=CC(=O)OC1CCN(CO)C1=O. The van der Waals surface area contributed by atoms with Crippen molar-refractivity contribution in [2.45, 2.75) is 12.5 Å². The molecule has 13 heavy (non-hydrogen) atoms. The van der Waals surface area contributed by atoms with Crippen molar-refractivity contribution in [1.29, 1.82) is 0 Å². The molecule has 1 saturated heterocycles. The highest BCUT2D eigenvalue weighted by Gasteiger charge is 2.33. The third-order valence-corrected chi connectivity index (χ3v) is 1.84. The molecule has 1 N–H and O–H groups in total. The molecule has 0 aromatic carbocycles. The number of aliphatic hydroxyl groups excluding tert-OH is 1. The quantitative estimate of drug-likeness (QED) is 0.465. The van der Waals surface area contributed by atoms with Crippen LogP contribution in [0.1, 0.15) is 6.42 Å². The number of ether oxygens (including phenoxy) is 1. The fraction of sp³-hybridized carbons (Fsp3) is 0.500. The van der Waals surface area contributed by atoms with E-state index in [-0.39, 0.29) is 12.6 Å². The first-order valence-corrected chi connectivity index (χ1v) is 3.91. The van der Waals surface area contributed by atoms with Crippen LogP contribution in [0.2, 0.25) is 0 Å². The zero-order chi connectivity index (χ0) is 9.84. The maximum absolute atomic E-state index is 11.2. The van der Waals surface area contributed by atoms with E-state index in [0.29, 0.717) is 13.0 Å². The molecule has 1 aliphatic heterocycles. The van der Waals surface area contributed by atoms with Crippen molar-refractivity contribution in [2.75, 3.05) is 13.3 Å². The van der Waals surface area contributed by atoms with Gasteiger partial charge in [0.15, 0.2) is 6.10 Å². The zero-order valence-corrected chi connectivity index (χ0v) is 7.10. The highest BCUT2D eigenvalue weighted by Crippen LogP contribution is 2.13. The van der Waals surface area contributed by atoms with Gasteiger partial charge in [-0.05, 0) is 0 Å². The van der Waals surface area contributed by atoms with E-state index in [9.17, 15) is 9.59 Å². The first-order valence-electron chi connectivity index (χ1n) is 3.91. The van der Waals surface area contributed by atoms with Gasteiger partial charge < -0.3 is 14.7 Å². The van der Waals surface area contributed by atoms with Crippen LogP contribution in [0.25, 0.3) is 0 Å². The molecule has 1 rings (SSSR count). The summed E-state index contributed by atoms with van der Waals surface area (Å²) < 4.78 is 4.75. The Hall–Kier alpha value is -1.36. The number of carbonyl (C=O) groups is 2. The Morgan fingerprint density at radius 1 is 1.85 bits per heavy atom. The standard InChI is InChI=1S/C8H11NO4/c1-2-7(11)13-6-3-4-9(5-10)8(6)12/h2,6,10H,1,3-5H2. The van der Waals surface area contributed by atoms with Gasteiger partial charge in [0.1, 0.15) is 6.73 Å². The number of nitrogens with zero attached hydrogens (tertiary/aromatic N) is 1. The third-order valence-electron chi connectivity index (χ3n) is 1.84. The summed E-state index contributed by atoms with van der Waals surface area (Å²) >= 11 is 0. The van der Waals surface area contributed by atoms with Gasteiger partial charge in [0.05, 0.1) is 0 Å². The minimum atomic E-state index is -0.752. The van der Waals surface area contributed by atoms with Crippen LogP contribution in [0.3, 0.4) is 0 Å². The molecule has 72 valence electrons. The topological polar surface area (TPSA) is 66.8 Å². The summed E-state index contributed by atoms with van der Waals surface area (Å²) in [5, 5.41) is 8.69. The maximum atomic E-state index is 11.2. The lowest BCUT2D eigenvalue weighted by molar-refractivity contribution is -0.153. The highest BCUT2D eigenvalue weighted by atomic mass is 16.5. The van der Waals surface area contributed by atoms with Crippen molar-refractivity contribution in [3.05, 3.63) is 12.7 Å². The van der Waals surface area contributed by atoms with Crippen LogP contribution < -0.4 is 0 Å². The first kappa shape index (κ1) is 9.73. The monoisotopic (exact) mass is 185 g/mol. The molecule has 0 radical (unpaired) electrons. The molecular formula is C8H11NO4. The largest absolute Gasteiger partial charge is 0.449 e. The molecule has 1 unspecified atom stereocenters. The van der Waals surface area contributed by atoms with E-state index in [1.165, 1.54) is 4.90 Å². The van der Waals surface area contributed by atoms with Crippen LogP contribution >= 0.6 is 0 Å². The summed E-state index contributed by atoms with van der Waals surface area (Å²) in [5.41, 5.74) is 0. The molecule has 0 saturated carbocycles. The van der Waals surface area contributed by atoms with Crippen molar-refractivity contribution in [3.8, 4) is 0 Å². The molecule has 1 amide bonds. The fourth-order valence-electron chi connectivity index (χ4n) is 1.15. The average Bonchev–Trinajstić information content (AvgIpc) is 2.48. The van der Waals surface area contributed by atoms with Crippen molar-refractivity contribution in [2.24, 2.45) is 0 Å². The van der Waals surface area contributed by atoms with Gasteiger partial charge in [-0.2, -0.15) is 0 Å². The highest BCUT2D eigenvalue weighted by molar-refractivity contribution is 5.88. The van der Waals surface area contributed by atoms with Gasteiger partial charge in [-0.1, -0.05) is 6.58 Å². The van der Waals surface area contributed by atoms with E-state index >= 15 is 0 Å². The Bertz CT molecular complexity index is 238. The Morgan fingerprint density at radius 2 is 2.54 bits per heavy atom. The first-order chi connectivity index (χ1) is 6.19. The van der Waals surface area contributed by atoms with E-state index in [4.69, 9.17) is 9.84 Å². The molecule has 0 aliphatic carbocycles. The maximum Gasteiger partial charge on any atom is 0.330 e. The van der Waals surface area contributed by atoms with Crippen LogP contribution in [0.15, 0.2) is 12.7 Å². The molecule has 5 heteroatoms. The summed E-state index contributed by atoms with van der Waals surface area (Å²) in [6.07, 6.45) is 0.686. The molecule has 0 aromatic rings. The molecule has 1 heterocycles. The second-order valence-corrected chi connectivity index (χ2v) is 2.66. The van der Waals surface area contributed by atoms with Gasteiger partial charge in [-0.25, -0.2) is 4.79 Å². The summed E-state index contributed by atoms with van der Waals surface area (Å²) in [4.78, 5) is 23.2. The number of likely N-dealkylation sites (tertiary alicyclic amines) is 1. The Labute approximate surface area is 75.6 Å². The van der Waals surface area contributed by atoms with Crippen LogP contribution in [-0.4, -0.2) is 41.3 Å². The molecule has 0 aromatic heterocycles. The molecule has 1 aliphatic rings. The third kappa shape index (κ3) is 2.06. The zero-order valence-electron chi connectivity index (χ0n) is 7.10. The van der Waals surface area contributed by atoms with Crippen molar-refractivity contribution < 1.29 is 19.4 Å². The number of hydrogen-bond acceptors (Lipinski definition) is 4. The second-order valence-electron chi connectivity index (χ2n) is 2.66. The molecule has 1 fully saturated rings. The van der Waals surface area contributed by atoms with E-state index in [1.54, 1.807) is 0 Å². The minimum Gasteiger partial charge on any atom is -0.449 e. The number of hydrogen-bond donors (Lipinski definition) is 1. The van der Waals surface area contributed by atoms with Crippen LogP contribution in [0, 0.1) is 0 Å². The van der Waals surface area contributed by atoms with Crippen molar-refractivity contribution in [1.82, 2.24) is 4.90 Å². The van der Waals surface area contributed by atoms with E-state index in [0.717, 1.165) is 6.08 Å². The molecular weight excluding hydrogens is 174 g/mol. The smallest absolute Gasteiger partial charge is 0.330 e. The second kappa shape index (κ2) is 4.04. The summed E-state index contributed by atoms with van der Waals surface area (Å²) in [7, 11) is 0. The number of esters is 1. The van der Waals surface area contributed by atoms with E-state index in [1.807, 2.05) is 0 Å². The number of amides is 1. The Morgan fingerprint density at radius 3 is 3.00 bits per heavy atom. The molecule has 0 bridgehead atoms. The van der Waals surface area contributed by atoms with Crippen molar-refractivity contribution >= 4 is 11.9 Å². The average molecular weight is 185 g/mol. The lowest BCUT2D eigenvalue weighted by Gasteiger charge is -2.12. The van der Waals surface area contributed by atoms with Gasteiger partial charge >= 0.3 is 5.97 Å². The fourth-order valence-corrected chi connectivity index (χ4v) is 1.15. The summed E-state index contributed by atoms with van der Waals surface area (Å²) in [6.45, 7) is 3.31. The molecule has 5 nitrogen and oxygen atoms in total. The van der Waals surface area contributed by atoms with Crippen molar-refractivity contribution in [3.63, 3.8) is 0 Å². The molecule has 1 atom stereocenters. The lowest BCUT2D eigenvalue weighted by Crippen LogP contribution is -2.32. The van der Waals surface area contributed by atoms with Gasteiger partial charge in [-0.15, -0.1) is 0 Å². The van der Waals surface area contributed by atoms with Gasteiger partial charge in [0.25, 0.3) is 5.91 Å². The van der Waals surface area contributed by atoms with Crippen LogP contribution in [-0.2, 0) is 14.3 Å². The lowest BCUT2D eigenvalue weighted by atomic mass is 10.3. The Kier molecular flexibility index (Phi) is 3.02.